The zero-order valence-corrected chi connectivity index (χ0v) is 13.0. The van der Waals surface area contributed by atoms with Crippen LogP contribution in [-0.4, -0.2) is 29.4 Å². The van der Waals surface area contributed by atoms with Crippen LogP contribution in [0.2, 0.25) is 0 Å². The fourth-order valence-corrected chi connectivity index (χ4v) is 1.14. The van der Waals surface area contributed by atoms with Gasteiger partial charge in [-0.25, -0.2) is 0 Å². The van der Waals surface area contributed by atoms with Gasteiger partial charge < -0.3 is 15.2 Å². The van der Waals surface area contributed by atoms with Crippen molar-refractivity contribution in [2.24, 2.45) is 0 Å². The molecule has 0 aliphatic carbocycles. The summed E-state index contributed by atoms with van der Waals surface area (Å²) in [5.41, 5.74) is 1.55. The maximum absolute atomic E-state index is 7.28. The summed E-state index contributed by atoms with van der Waals surface area (Å²) in [5, 5.41) is 14.0. The molecule has 0 bridgehead atoms. The van der Waals surface area contributed by atoms with Gasteiger partial charge in [-0.1, -0.05) is 19.0 Å². The molecular weight excluding hydrogens is 418 g/mol. The number of aliphatic hydroxyl groups is 2. The molecule has 0 saturated carbocycles. The second kappa shape index (κ2) is 12.0. The molecule has 1 heterocycles. The number of hydrogen-bond acceptors (Lipinski definition) is 3. The zero-order chi connectivity index (χ0) is 19.0. The van der Waals surface area contributed by atoms with Crippen LogP contribution in [0.25, 0.3) is 11.3 Å². The van der Waals surface area contributed by atoms with Gasteiger partial charge in [0.15, 0.2) is 0 Å². The smallest absolute Gasteiger partial charge is 0.0319 e. The second-order valence-corrected chi connectivity index (χ2v) is 2.92. The molecule has 107 valence electrons. The summed E-state index contributed by atoms with van der Waals surface area (Å²) < 4.78 is 43.6. The zero-order valence-electron chi connectivity index (χ0n) is 16.6. The van der Waals surface area contributed by atoms with Crippen LogP contribution in [0.5, 0.6) is 0 Å². The maximum Gasteiger partial charge on any atom is 0.0319 e. The van der Waals surface area contributed by atoms with E-state index in [0.29, 0.717) is 11.3 Å². The normalized spacial score (nSPS) is 14.1. The SMILES string of the molecule is CO.CO.[2H]C([2H])([2H])c1c[c-]c(-c2ccc(C([2H])([2H])[2H])cn2)cc1.[Ir]. The van der Waals surface area contributed by atoms with E-state index in [1.165, 1.54) is 24.4 Å². The predicted molar refractivity (Wildman–Crippen MR) is 74.3 cm³/mol. The molecule has 0 aliphatic heterocycles. The Balaban J connectivity index is 0. The molecule has 1 aromatic heterocycles. The van der Waals surface area contributed by atoms with Crippen LogP contribution >= 0.6 is 0 Å². The molecule has 19 heavy (non-hydrogen) atoms. The summed E-state index contributed by atoms with van der Waals surface area (Å²) >= 11 is 0. The Bertz CT molecular complexity index is 542. The predicted octanol–water partition coefficient (Wildman–Crippen LogP) is 2.38. The van der Waals surface area contributed by atoms with Crippen molar-refractivity contribution in [2.75, 3.05) is 14.2 Å². The van der Waals surface area contributed by atoms with Crippen molar-refractivity contribution in [2.45, 2.75) is 13.7 Å². The van der Waals surface area contributed by atoms with Crippen LogP contribution in [0.4, 0.5) is 0 Å². The van der Waals surface area contributed by atoms with Crippen molar-refractivity contribution < 1.29 is 38.5 Å². The molecule has 0 unspecified atom stereocenters. The molecule has 4 heteroatoms. The van der Waals surface area contributed by atoms with E-state index in [1.54, 1.807) is 12.1 Å². The van der Waals surface area contributed by atoms with Crippen LogP contribution in [0.1, 0.15) is 19.4 Å². The summed E-state index contributed by atoms with van der Waals surface area (Å²) in [6.07, 6.45) is 1.30. The van der Waals surface area contributed by atoms with Crippen LogP contribution < -0.4 is 0 Å². The molecule has 2 rings (SSSR count). The fraction of sp³-hybridized carbons (Fsp3) is 0.267. The standard InChI is InChI=1S/C13H12N.2CH4O.Ir/c1-10-3-6-12(7-4-10)13-8-5-11(2)9-14-13;2*1-2;/h3-6,8-9H,1-2H3;2*2H,1H3;/q-1;;;/i1D3,2D3;;;. The van der Waals surface area contributed by atoms with Crippen LogP contribution in [0.3, 0.4) is 0 Å². The molecular formula is C15H20IrNO2-. The van der Waals surface area contributed by atoms with E-state index in [0.717, 1.165) is 14.2 Å². The van der Waals surface area contributed by atoms with Gasteiger partial charge in [0.05, 0.1) is 0 Å². The van der Waals surface area contributed by atoms with E-state index in [1.807, 2.05) is 0 Å². The number of aromatic nitrogens is 1. The van der Waals surface area contributed by atoms with E-state index in [2.05, 4.69) is 11.1 Å². The first-order valence-corrected chi connectivity index (χ1v) is 5.06. The van der Waals surface area contributed by atoms with Gasteiger partial charge in [0.25, 0.3) is 0 Å². The molecule has 3 nitrogen and oxygen atoms in total. The van der Waals surface area contributed by atoms with Gasteiger partial charge in [-0.05, 0) is 18.1 Å². The van der Waals surface area contributed by atoms with Crippen molar-refractivity contribution >= 4 is 0 Å². The number of pyridine rings is 1. The summed E-state index contributed by atoms with van der Waals surface area (Å²) in [7, 11) is 2.00. The molecule has 2 aromatic rings. The first-order valence-electron chi connectivity index (χ1n) is 8.06. The number of aliphatic hydroxyl groups excluding tert-OH is 2. The molecule has 0 spiro atoms. The van der Waals surface area contributed by atoms with E-state index < -0.39 is 13.7 Å². The molecule has 0 amide bonds. The van der Waals surface area contributed by atoms with Crippen molar-refractivity contribution in [1.29, 1.82) is 0 Å². The quantitative estimate of drug-likeness (QED) is 0.664. The van der Waals surface area contributed by atoms with Crippen LogP contribution in [0, 0.1) is 19.8 Å². The molecule has 1 radical (unpaired) electrons. The summed E-state index contributed by atoms with van der Waals surface area (Å²) in [6.45, 7) is -4.34. The first kappa shape index (κ1) is 10.7. The van der Waals surface area contributed by atoms with E-state index in [4.69, 9.17) is 18.4 Å². The van der Waals surface area contributed by atoms with Crippen molar-refractivity contribution in [3.63, 3.8) is 0 Å². The molecule has 0 atom stereocenters. The average molecular weight is 445 g/mol. The molecule has 0 fully saturated rings. The minimum Gasteiger partial charge on any atom is -0.400 e. The minimum absolute atomic E-state index is 0. The average Bonchev–Trinajstić information content (AvgIpc) is 2.57. The van der Waals surface area contributed by atoms with Gasteiger partial charge in [0.1, 0.15) is 0 Å². The van der Waals surface area contributed by atoms with Gasteiger partial charge in [-0.3, -0.25) is 0 Å². The van der Waals surface area contributed by atoms with Gasteiger partial charge >= 0.3 is 0 Å². The Hall–Kier alpha value is -1.06. The van der Waals surface area contributed by atoms with Crippen molar-refractivity contribution in [1.82, 2.24) is 4.98 Å². The van der Waals surface area contributed by atoms with Crippen molar-refractivity contribution in [3.8, 4) is 11.3 Å². The topological polar surface area (TPSA) is 53.4 Å². The number of nitrogens with zero attached hydrogens (tertiary/aromatic N) is 1. The Morgan fingerprint density at radius 3 is 2.05 bits per heavy atom. The third-order valence-electron chi connectivity index (χ3n) is 1.85. The molecule has 0 saturated heterocycles. The minimum atomic E-state index is -2.18. The maximum atomic E-state index is 7.28. The molecule has 1 aromatic carbocycles. The third kappa shape index (κ3) is 7.18. The van der Waals surface area contributed by atoms with Crippen LogP contribution in [-0.2, 0) is 20.1 Å². The number of aryl methyl sites for hydroxylation is 2. The van der Waals surface area contributed by atoms with E-state index in [-0.39, 0.29) is 31.2 Å². The Morgan fingerprint density at radius 1 is 1.00 bits per heavy atom. The fourth-order valence-electron chi connectivity index (χ4n) is 1.14. The second-order valence-electron chi connectivity index (χ2n) is 2.92. The Morgan fingerprint density at radius 2 is 1.63 bits per heavy atom. The van der Waals surface area contributed by atoms with Gasteiger partial charge in [0, 0.05) is 48.7 Å². The van der Waals surface area contributed by atoms with Gasteiger partial charge in [-0.2, -0.15) is 0 Å². The van der Waals surface area contributed by atoms with Crippen LogP contribution in [0.15, 0.2) is 36.5 Å². The van der Waals surface area contributed by atoms with Gasteiger partial charge in [0.2, 0.25) is 0 Å². The largest absolute Gasteiger partial charge is 0.400 e. The van der Waals surface area contributed by atoms with E-state index in [9.17, 15) is 0 Å². The molecule has 2 N–H and O–H groups in total. The third-order valence-corrected chi connectivity index (χ3v) is 1.85. The monoisotopic (exact) mass is 445 g/mol. The Kier molecular flexibility index (Phi) is 6.75. The van der Waals surface area contributed by atoms with Crippen molar-refractivity contribution in [3.05, 3.63) is 53.7 Å². The molecule has 0 aliphatic rings. The van der Waals surface area contributed by atoms with Gasteiger partial charge in [-0.15, -0.1) is 35.4 Å². The summed E-state index contributed by atoms with van der Waals surface area (Å²) in [4.78, 5) is 4.08. The number of rotatable bonds is 1. The first-order chi connectivity index (χ1) is 11.2. The number of benzene rings is 1. The Labute approximate surface area is 137 Å². The summed E-state index contributed by atoms with van der Waals surface area (Å²) in [6, 6.07) is 10.4. The summed E-state index contributed by atoms with van der Waals surface area (Å²) in [5.74, 6) is 0. The van der Waals surface area contributed by atoms with E-state index >= 15 is 0 Å². The number of hydrogen-bond donors (Lipinski definition) is 2.